The zero-order chi connectivity index (χ0) is 19.5. The third-order valence-electron chi connectivity index (χ3n) is 6.72. The van der Waals surface area contributed by atoms with Gasteiger partial charge < -0.3 is 14.4 Å². The zero-order valence-corrected chi connectivity index (χ0v) is 17.8. The Morgan fingerprint density at radius 3 is 2.39 bits per heavy atom. The van der Waals surface area contributed by atoms with Gasteiger partial charge >= 0.3 is 0 Å². The first-order chi connectivity index (χ1) is 13.6. The first-order valence-electron chi connectivity index (χ1n) is 11.2. The molecule has 4 rings (SSSR count). The average molecular weight is 388 g/mol. The van der Waals surface area contributed by atoms with Crippen molar-refractivity contribution in [3.8, 4) is 5.88 Å². The second-order valence-corrected chi connectivity index (χ2v) is 9.35. The fourth-order valence-electron chi connectivity index (χ4n) is 5.46. The van der Waals surface area contributed by atoms with Crippen LogP contribution in [0.5, 0.6) is 5.88 Å². The molecule has 1 unspecified atom stereocenters. The van der Waals surface area contributed by atoms with Crippen LogP contribution in [0.4, 0.5) is 0 Å². The Morgan fingerprint density at radius 2 is 1.75 bits per heavy atom. The van der Waals surface area contributed by atoms with Gasteiger partial charge in [0.2, 0.25) is 5.88 Å². The summed E-state index contributed by atoms with van der Waals surface area (Å²) in [6.07, 6.45) is 8.32. The summed E-state index contributed by atoms with van der Waals surface area (Å²) in [7, 11) is 1.69. The first kappa shape index (κ1) is 20.1. The van der Waals surface area contributed by atoms with Gasteiger partial charge in [0.25, 0.3) is 0 Å². The quantitative estimate of drug-likeness (QED) is 0.713. The van der Waals surface area contributed by atoms with E-state index in [1.165, 1.54) is 58.2 Å². The van der Waals surface area contributed by atoms with E-state index in [0.29, 0.717) is 30.2 Å². The van der Waals surface area contributed by atoms with Crippen LogP contribution < -0.4 is 4.74 Å². The highest BCUT2D eigenvalue weighted by molar-refractivity contribution is 5.16. The Bertz CT molecular complexity index is 616. The summed E-state index contributed by atoms with van der Waals surface area (Å²) >= 11 is 0. The van der Waals surface area contributed by atoms with Crippen LogP contribution in [-0.4, -0.2) is 65.8 Å². The van der Waals surface area contributed by atoms with Crippen LogP contribution in [0.2, 0.25) is 0 Å². The van der Waals surface area contributed by atoms with Crippen molar-refractivity contribution in [1.82, 2.24) is 14.8 Å². The van der Waals surface area contributed by atoms with E-state index in [2.05, 4.69) is 34.7 Å². The van der Waals surface area contributed by atoms with E-state index in [1.807, 2.05) is 12.1 Å². The molecular weight excluding hydrogens is 350 g/mol. The summed E-state index contributed by atoms with van der Waals surface area (Å²) in [5.74, 6) is 1.48. The van der Waals surface area contributed by atoms with Crippen LogP contribution in [0.15, 0.2) is 18.2 Å². The summed E-state index contributed by atoms with van der Waals surface area (Å²) in [4.78, 5) is 9.90. The number of methoxy groups -OCH3 is 1. The molecule has 0 aliphatic carbocycles. The minimum atomic E-state index is 0.452. The SMILES string of the molecule is COc1cccc(CN2[C@@H]3CC[C@H]2CC(OC2CCN(CC(C)C)CC2)C3)n1. The fourth-order valence-corrected chi connectivity index (χ4v) is 5.46. The number of ether oxygens (including phenoxy) is 2. The Morgan fingerprint density at radius 1 is 1.04 bits per heavy atom. The Kier molecular flexibility index (Phi) is 6.54. The van der Waals surface area contributed by atoms with Crippen molar-refractivity contribution in [2.24, 2.45) is 5.92 Å². The molecule has 0 saturated carbocycles. The molecule has 3 atom stereocenters. The minimum absolute atomic E-state index is 0.452. The molecule has 28 heavy (non-hydrogen) atoms. The van der Waals surface area contributed by atoms with Crippen molar-refractivity contribution >= 4 is 0 Å². The van der Waals surface area contributed by atoms with Crippen molar-refractivity contribution in [2.45, 2.75) is 83.2 Å². The number of fused-ring (bicyclic) bond motifs is 2. The van der Waals surface area contributed by atoms with Gasteiger partial charge in [0, 0.05) is 44.3 Å². The predicted molar refractivity (Wildman–Crippen MR) is 112 cm³/mol. The molecule has 5 heteroatoms. The van der Waals surface area contributed by atoms with E-state index in [1.54, 1.807) is 7.11 Å². The van der Waals surface area contributed by atoms with Gasteiger partial charge in [-0.25, -0.2) is 4.98 Å². The fraction of sp³-hybridized carbons (Fsp3) is 0.783. The normalized spacial score (nSPS) is 29.5. The van der Waals surface area contributed by atoms with E-state index in [4.69, 9.17) is 9.47 Å². The number of nitrogens with zero attached hydrogens (tertiary/aromatic N) is 3. The highest BCUT2D eigenvalue weighted by Crippen LogP contribution is 2.38. The molecule has 156 valence electrons. The van der Waals surface area contributed by atoms with Crippen LogP contribution in [0, 0.1) is 5.92 Å². The number of pyridine rings is 1. The van der Waals surface area contributed by atoms with Crippen molar-refractivity contribution in [3.05, 3.63) is 23.9 Å². The molecule has 1 aromatic heterocycles. The molecule has 0 amide bonds. The molecule has 2 bridgehead atoms. The van der Waals surface area contributed by atoms with E-state index in [9.17, 15) is 0 Å². The van der Waals surface area contributed by atoms with Gasteiger partial charge in [0.15, 0.2) is 0 Å². The molecule has 0 N–H and O–H groups in total. The monoisotopic (exact) mass is 387 g/mol. The molecule has 3 aliphatic heterocycles. The van der Waals surface area contributed by atoms with Crippen LogP contribution >= 0.6 is 0 Å². The maximum atomic E-state index is 6.61. The van der Waals surface area contributed by atoms with Gasteiger partial charge in [-0.2, -0.15) is 0 Å². The van der Waals surface area contributed by atoms with Crippen LogP contribution in [0.3, 0.4) is 0 Å². The lowest BCUT2D eigenvalue weighted by Gasteiger charge is -2.41. The summed E-state index contributed by atoms with van der Waals surface area (Å²) in [5, 5.41) is 0. The second kappa shape index (κ2) is 9.10. The van der Waals surface area contributed by atoms with E-state index in [-0.39, 0.29) is 0 Å². The Labute approximate surface area is 170 Å². The zero-order valence-electron chi connectivity index (χ0n) is 17.8. The summed E-state index contributed by atoms with van der Waals surface area (Å²) < 4.78 is 11.9. The van der Waals surface area contributed by atoms with E-state index >= 15 is 0 Å². The number of likely N-dealkylation sites (tertiary alicyclic amines) is 1. The predicted octanol–water partition coefficient (Wildman–Crippen LogP) is 3.72. The highest BCUT2D eigenvalue weighted by Gasteiger charge is 2.41. The van der Waals surface area contributed by atoms with Crippen LogP contribution in [-0.2, 0) is 11.3 Å². The second-order valence-electron chi connectivity index (χ2n) is 9.35. The van der Waals surface area contributed by atoms with Crippen molar-refractivity contribution in [2.75, 3.05) is 26.7 Å². The maximum Gasteiger partial charge on any atom is 0.213 e. The largest absolute Gasteiger partial charge is 0.481 e. The average Bonchev–Trinajstić information content (AvgIpc) is 2.92. The topological polar surface area (TPSA) is 37.8 Å². The third kappa shape index (κ3) is 4.87. The number of hydrogen-bond acceptors (Lipinski definition) is 5. The molecule has 3 fully saturated rings. The summed E-state index contributed by atoms with van der Waals surface area (Å²) in [6.45, 7) is 9.20. The van der Waals surface area contributed by atoms with Gasteiger partial charge in [-0.1, -0.05) is 19.9 Å². The third-order valence-corrected chi connectivity index (χ3v) is 6.72. The summed E-state index contributed by atoms with van der Waals surface area (Å²) in [6, 6.07) is 7.39. The standard InChI is InChI=1S/C23H37N3O2/c1-17(2)15-25-11-9-21(10-12-25)28-22-13-19-7-8-20(14-22)26(19)16-18-5-4-6-23(24-18)27-3/h4-6,17,19-22H,7-16H2,1-3H3/t19-,20+,22?. The lowest BCUT2D eigenvalue weighted by molar-refractivity contribution is -0.0812. The molecule has 3 saturated heterocycles. The smallest absolute Gasteiger partial charge is 0.213 e. The number of aromatic nitrogens is 1. The van der Waals surface area contributed by atoms with Crippen LogP contribution in [0.25, 0.3) is 0 Å². The van der Waals surface area contributed by atoms with Crippen molar-refractivity contribution < 1.29 is 9.47 Å². The molecule has 0 radical (unpaired) electrons. The molecular formula is C23H37N3O2. The van der Waals surface area contributed by atoms with Gasteiger partial charge in [-0.15, -0.1) is 0 Å². The van der Waals surface area contributed by atoms with Crippen molar-refractivity contribution in [3.63, 3.8) is 0 Å². The molecule has 1 aromatic rings. The molecule has 0 spiro atoms. The van der Waals surface area contributed by atoms with E-state index < -0.39 is 0 Å². The number of rotatable bonds is 7. The lowest BCUT2D eigenvalue weighted by Crippen LogP contribution is -2.47. The Hall–Kier alpha value is -1.17. The number of hydrogen-bond donors (Lipinski definition) is 0. The minimum Gasteiger partial charge on any atom is -0.481 e. The van der Waals surface area contributed by atoms with Gasteiger partial charge in [-0.3, -0.25) is 4.90 Å². The summed E-state index contributed by atoms with van der Waals surface area (Å²) in [5.41, 5.74) is 1.12. The molecule has 3 aliphatic rings. The van der Waals surface area contributed by atoms with Crippen LogP contribution in [0.1, 0.15) is 58.1 Å². The first-order valence-corrected chi connectivity index (χ1v) is 11.2. The lowest BCUT2D eigenvalue weighted by atomic mass is 9.98. The molecule has 5 nitrogen and oxygen atoms in total. The van der Waals surface area contributed by atoms with Crippen molar-refractivity contribution in [1.29, 1.82) is 0 Å². The van der Waals surface area contributed by atoms with Gasteiger partial charge in [-0.05, 0) is 50.5 Å². The van der Waals surface area contributed by atoms with E-state index in [0.717, 1.165) is 18.2 Å². The van der Waals surface area contributed by atoms with Gasteiger partial charge in [0.05, 0.1) is 25.0 Å². The Balaban J connectivity index is 1.27. The van der Waals surface area contributed by atoms with Gasteiger partial charge in [0.1, 0.15) is 0 Å². The maximum absolute atomic E-state index is 6.61. The highest BCUT2D eigenvalue weighted by atomic mass is 16.5. The molecule has 0 aromatic carbocycles. The molecule has 4 heterocycles. The number of piperidine rings is 2.